The first kappa shape index (κ1) is 22.0. The molecule has 1 aromatic heterocycles. The van der Waals surface area contributed by atoms with Gasteiger partial charge in [-0.1, -0.05) is 0 Å². The largest absolute Gasteiger partial charge is 0.434 e. The number of halogens is 6. The van der Waals surface area contributed by atoms with Gasteiger partial charge >= 0.3 is 12.4 Å². The molecule has 1 amide bonds. The molecule has 6 nitrogen and oxygen atoms in total. The molecule has 1 heterocycles. The summed E-state index contributed by atoms with van der Waals surface area (Å²) in [5.41, 5.74) is -0.960. The highest BCUT2D eigenvalue weighted by Crippen LogP contribution is 2.29. The third-order valence-electron chi connectivity index (χ3n) is 2.95. The van der Waals surface area contributed by atoms with E-state index in [2.05, 4.69) is 20.6 Å². The summed E-state index contributed by atoms with van der Waals surface area (Å²) < 4.78 is 74.0. The Labute approximate surface area is 149 Å². The van der Waals surface area contributed by atoms with Crippen molar-refractivity contribution in [3.8, 4) is 0 Å². The maximum absolute atomic E-state index is 12.4. The lowest BCUT2D eigenvalue weighted by molar-refractivity contribution is -0.157. The minimum absolute atomic E-state index is 0.131. The Morgan fingerprint density at radius 3 is 2.42 bits per heavy atom. The summed E-state index contributed by atoms with van der Waals surface area (Å²) in [5.74, 6) is -0.661. The number of carbonyl (C=O) groups excluding carboxylic acids is 1. The molecule has 0 radical (unpaired) electrons. The van der Waals surface area contributed by atoms with Gasteiger partial charge in [0.25, 0.3) is 0 Å². The molecule has 13 heteroatoms. The molecule has 0 saturated carbocycles. The Morgan fingerprint density at radius 2 is 1.92 bits per heavy atom. The summed E-state index contributed by atoms with van der Waals surface area (Å²) >= 11 is 0.864. The van der Waals surface area contributed by atoms with Gasteiger partial charge < -0.3 is 15.5 Å². The molecule has 0 aliphatic heterocycles. The number of amides is 1. The molecule has 0 aliphatic carbocycles. The summed E-state index contributed by atoms with van der Waals surface area (Å²) in [6.45, 7) is -1.61. The second-order valence-corrected chi connectivity index (χ2v) is 6.03. The zero-order chi connectivity index (χ0) is 20.0. The smallest absolute Gasteiger partial charge is 0.356 e. The molecule has 0 unspecified atom stereocenters. The maximum Gasteiger partial charge on any atom is 0.434 e. The molecule has 1 rings (SSSR count). The number of guanidine groups is 1. The number of aromatic nitrogens is 1. The van der Waals surface area contributed by atoms with Crippen LogP contribution in [0, 0.1) is 0 Å². The first-order valence-corrected chi connectivity index (χ1v) is 8.07. The van der Waals surface area contributed by atoms with E-state index in [1.807, 2.05) is 0 Å². The van der Waals surface area contributed by atoms with E-state index >= 15 is 0 Å². The number of hydrogen-bond donors (Lipinski definition) is 2. The van der Waals surface area contributed by atoms with Crippen molar-refractivity contribution in [3.05, 3.63) is 16.1 Å². The van der Waals surface area contributed by atoms with Gasteiger partial charge in [-0.15, -0.1) is 11.3 Å². The van der Waals surface area contributed by atoms with Gasteiger partial charge in [0.15, 0.2) is 11.7 Å². The Kier molecular flexibility index (Phi) is 7.66. The fourth-order valence-corrected chi connectivity index (χ4v) is 2.52. The van der Waals surface area contributed by atoms with Gasteiger partial charge in [0.05, 0.1) is 11.6 Å². The average Bonchev–Trinajstić information content (AvgIpc) is 2.97. The lowest BCUT2D eigenvalue weighted by Crippen LogP contribution is -2.45. The normalized spacial score (nSPS) is 12.8. The van der Waals surface area contributed by atoms with Crippen molar-refractivity contribution < 1.29 is 31.1 Å². The number of nitrogens with one attached hydrogen (secondary N) is 2. The van der Waals surface area contributed by atoms with E-state index in [9.17, 15) is 31.1 Å². The van der Waals surface area contributed by atoms with Crippen LogP contribution in [0.2, 0.25) is 0 Å². The molecule has 0 atom stereocenters. The number of thiazole rings is 1. The predicted octanol–water partition coefficient (Wildman–Crippen LogP) is 1.89. The van der Waals surface area contributed by atoms with Gasteiger partial charge in [-0.3, -0.25) is 9.79 Å². The van der Waals surface area contributed by atoms with Crippen molar-refractivity contribution in [2.24, 2.45) is 4.99 Å². The van der Waals surface area contributed by atoms with Gasteiger partial charge in [0, 0.05) is 32.4 Å². The topological polar surface area (TPSA) is 69.6 Å². The van der Waals surface area contributed by atoms with E-state index in [4.69, 9.17) is 0 Å². The van der Waals surface area contributed by atoms with Crippen LogP contribution in [-0.2, 0) is 17.4 Å². The Bertz CT molecular complexity index is 627. The monoisotopic (exact) mass is 405 g/mol. The van der Waals surface area contributed by atoms with Crippen LogP contribution in [0.15, 0.2) is 10.4 Å². The minimum atomic E-state index is -4.50. The lowest BCUT2D eigenvalue weighted by atomic mass is 10.4. The molecule has 0 saturated heterocycles. The van der Waals surface area contributed by atoms with E-state index in [-0.39, 0.29) is 23.9 Å². The first-order chi connectivity index (χ1) is 11.9. The summed E-state index contributed by atoms with van der Waals surface area (Å²) in [5, 5.41) is 6.45. The SMILES string of the molecule is CN=C(NCCc1nc(C(F)(F)F)cs1)NCC(=O)N(C)CC(F)(F)F. The standard InChI is InChI=1S/C13H17F6N5OS/c1-20-11(22-5-10(25)24(2)7-12(14,15)16)21-4-3-9-23-8(6-26-9)13(17,18)19/h6H,3-5,7H2,1-2H3,(H2,20,21,22). The van der Waals surface area contributed by atoms with E-state index in [1.54, 1.807) is 0 Å². The molecule has 148 valence electrons. The Balaban J connectivity index is 2.39. The van der Waals surface area contributed by atoms with Crippen LogP contribution in [0.3, 0.4) is 0 Å². The van der Waals surface area contributed by atoms with Gasteiger partial charge in [0.1, 0.15) is 6.54 Å². The summed E-state index contributed by atoms with van der Waals surface area (Å²) in [4.78, 5) is 19.4. The highest BCUT2D eigenvalue weighted by atomic mass is 32.1. The summed E-state index contributed by atoms with van der Waals surface area (Å²) in [7, 11) is 2.40. The van der Waals surface area contributed by atoms with Crippen molar-refractivity contribution >= 4 is 23.2 Å². The second-order valence-electron chi connectivity index (χ2n) is 5.09. The molecule has 0 fully saturated rings. The second kappa shape index (κ2) is 9.05. The predicted molar refractivity (Wildman–Crippen MR) is 83.9 cm³/mol. The summed E-state index contributed by atoms with van der Waals surface area (Å²) in [6.07, 6.45) is -8.81. The molecule has 0 spiro atoms. The van der Waals surface area contributed by atoms with Gasteiger partial charge in [-0.2, -0.15) is 26.3 Å². The zero-order valence-corrected chi connectivity index (χ0v) is 14.6. The van der Waals surface area contributed by atoms with Crippen molar-refractivity contribution in [2.75, 3.05) is 33.7 Å². The fourth-order valence-electron chi connectivity index (χ4n) is 1.72. The highest BCUT2D eigenvalue weighted by molar-refractivity contribution is 7.09. The molecule has 0 bridgehead atoms. The molecular formula is C13H17F6N5OS. The molecule has 0 aromatic carbocycles. The van der Waals surface area contributed by atoms with Crippen LogP contribution in [0.1, 0.15) is 10.7 Å². The third-order valence-corrected chi connectivity index (χ3v) is 3.85. The number of likely N-dealkylation sites (N-methyl/N-ethyl adjacent to an activating group) is 1. The first-order valence-electron chi connectivity index (χ1n) is 7.19. The van der Waals surface area contributed by atoms with Crippen molar-refractivity contribution in [1.29, 1.82) is 0 Å². The van der Waals surface area contributed by atoms with Gasteiger partial charge in [-0.05, 0) is 0 Å². The molecule has 1 aromatic rings. The summed E-state index contributed by atoms with van der Waals surface area (Å²) in [6, 6.07) is 0. The van der Waals surface area contributed by atoms with Crippen molar-refractivity contribution in [2.45, 2.75) is 18.8 Å². The zero-order valence-electron chi connectivity index (χ0n) is 13.8. The quantitative estimate of drug-likeness (QED) is 0.431. The van der Waals surface area contributed by atoms with Crippen molar-refractivity contribution in [3.63, 3.8) is 0 Å². The van der Waals surface area contributed by atoms with E-state index < -0.39 is 37.0 Å². The number of nitrogens with zero attached hydrogens (tertiary/aromatic N) is 3. The van der Waals surface area contributed by atoms with Crippen LogP contribution in [0.4, 0.5) is 26.3 Å². The van der Waals surface area contributed by atoms with Gasteiger partial charge in [0.2, 0.25) is 5.91 Å². The van der Waals surface area contributed by atoms with E-state index in [0.717, 1.165) is 23.8 Å². The molecule has 26 heavy (non-hydrogen) atoms. The fraction of sp³-hybridized carbons (Fsp3) is 0.615. The highest BCUT2D eigenvalue weighted by Gasteiger charge is 2.33. The number of rotatable bonds is 6. The van der Waals surface area contributed by atoms with E-state index in [1.165, 1.54) is 7.05 Å². The van der Waals surface area contributed by atoms with E-state index in [0.29, 0.717) is 4.90 Å². The third kappa shape index (κ3) is 7.89. The Morgan fingerprint density at radius 1 is 1.27 bits per heavy atom. The van der Waals surface area contributed by atoms with Crippen molar-refractivity contribution in [1.82, 2.24) is 20.5 Å². The van der Waals surface area contributed by atoms with Crippen LogP contribution >= 0.6 is 11.3 Å². The average molecular weight is 405 g/mol. The van der Waals surface area contributed by atoms with Crippen LogP contribution in [-0.4, -0.2) is 61.7 Å². The number of hydrogen-bond acceptors (Lipinski definition) is 4. The number of aliphatic imine (C=N–C) groups is 1. The molecular weight excluding hydrogens is 388 g/mol. The number of carbonyl (C=O) groups is 1. The molecule has 0 aliphatic rings. The lowest BCUT2D eigenvalue weighted by Gasteiger charge is -2.19. The van der Waals surface area contributed by atoms with Crippen LogP contribution < -0.4 is 10.6 Å². The minimum Gasteiger partial charge on any atom is -0.356 e. The van der Waals surface area contributed by atoms with Gasteiger partial charge in [-0.25, -0.2) is 4.98 Å². The maximum atomic E-state index is 12.4. The number of alkyl halides is 6. The van der Waals surface area contributed by atoms with Crippen LogP contribution in [0.25, 0.3) is 0 Å². The Hall–Kier alpha value is -2.05. The van der Waals surface area contributed by atoms with Crippen LogP contribution in [0.5, 0.6) is 0 Å². The molecule has 2 N–H and O–H groups in total.